The van der Waals surface area contributed by atoms with Crippen LogP contribution in [0.15, 0.2) is 12.1 Å². The lowest BCUT2D eigenvalue weighted by atomic mass is 10.3. The largest absolute Gasteiger partial charge is 0.586 e. The quantitative estimate of drug-likeness (QED) is 0.876. The number of carbonyl (C=O) groups is 1. The number of amides is 1. The Labute approximate surface area is 105 Å². The number of hydrogen-bond donors (Lipinski definition) is 2. The van der Waals surface area contributed by atoms with Crippen molar-refractivity contribution in [3.05, 3.63) is 12.1 Å². The van der Waals surface area contributed by atoms with Gasteiger partial charge in [-0.3, -0.25) is 10.1 Å². The van der Waals surface area contributed by atoms with Gasteiger partial charge in [0.2, 0.25) is 11.9 Å². The minimum absolute atomic E-state index is 0.0745. The highest BCUT2D eigenvalue weighted by atomic mass is 19.3. The second-order valence-electron chi connectivity index (χ2n) is 3.97. The van der Waals surface area contributed by atoms with Crippen molar-refractivity contribution in [2.24, 2.45) is 0 Å². The molecular weight excluding hydrogens is 260 g/mol. The summed E-state index contributed by atoms with van der Waals surface area (Å²) < 4.78 is 34.4. The number of nitrogens with zero attached hydrogens (tertiary/aromatic N) is 1. The Morgan fingerprint density at radius 3 is 2.79 bits per heavy atom. The number of aromatic nitrogens is 2. The molecule has 100 valence electrons. The fraction of sp³-hybridized carbons (Fsp3) is 0.273. The van der Waals surface area contributed by atoms with Gasteiger partial charge in [0.1, 0.15) is 0 Å². The van der Waals surface area contributed by atoms with Crippen LogP contribution in [0.5, 0.6) is 11.5 Å². The van der Waals surface area contributed by atoms with Gasteiger partial charge < -0.3 is 14.5 Å². The maximum Gasteiger partial charge on any atom is 0.586 e. The summed E-state index contributed by atoms with van der Waals surface area (Å²) in [6.45, 7) is 1.70. The number of hydrogen-bond acceptors (Lipinski definition) is 4. The summed E-state index contributed by atoms with van der Waals surface area (Å²) in [6.07, 6.45) is -3.34. The van der Waals surface area contributed by atoms with Gasteiger partial charge in [-0.1, -0.05) is 6.92 Å². The average molecular weight is 269 g/mol. The lowest BCUT2D eigenvalue weighted by molar-refractivity contribution is -0.286. The summed E-state index contributed by atoms with van der Waals surface area (Å²) in [4.78, 5) is 18.1. The van der Waals surface area contributed by atoms with Crippen LogP contribution < -0.4 is 14.8 Å². The number of fused-ring (bicyclic) bond motifs is 2. The van der Waals surface area contributed by atoms with Crippen molar-refractivity contribution in [3.63, 3.8) is 0 Å². The number of anilines is 1. The van der Waals surface area contributed by atoms with Gasteiger partial charge in [-0.2, -0.15) is 0 Å². The Bertz CT molecular complexity index is 623. The summed E-state index contributed by atoms with van der Waals surface area (Å²) in [5.41, 5.74) is 0.859. The Hall–Kier alpha value is -2.38. The molecule has 0 saturated carbocycles. The number of halogens is 2. The van der Waals surface area contributed by atoms with Crippen LogP contribution in [-0.4, -0.2) is 22.2 Å². The lowest BCUT2D eigenvalue weighted by Gasteiger charge is -2.04. The zero-order chi connectivity index (χ0) is 13.6. The molecule has 0 aliphatic carbocycles. The second kappa shape index (κ2) is 3.81. The van der Waals surface area contributed by atoms with E-state index in [-0.39, 0.29) is 23.4 Å². The summed E-state index contributed by atoms with van der Waals surface area (Å²) in [6, 6.07) is 2.67. The number of nitrogens with one attached hydrogen (secondary N) is 2. The summed E-state index contributed by atoms with van der Waals surface area (Å²) >= 11 is 0. The van der Waals surface area contributed by atoms with E-state index in [9.17, 15) is 13.6 Å². The molecule has 0 radical (unpaired) electrons. The van der Waals surface area contributed by atoms with Gasteiger partial charge in [-0.25, -0.2) is 4.98 Å². The molecule has 2 aromatic rings. The molecule has 0 spiro atoms. The van der Waals surface area contributed by atoms with E-state index >= 15 is 0 Å². The average Bonchev–Trinajstić information content (AvgIpc) is 2.82. The molecule has 0 bridgehead atoms. The van der Waals surface area contributed by atoms with Crippen LogP contribution in [0.3, 0.4) is 0 Å². The Balaban J connectivity index is 1.97. The molecule has 8 heteroatoms. The van der Waals surface area contributed by atoms with E-state index in [1.165, 1.54) is 12.1 Å². The van der Waals surface area contributed by atoms with Gasteiger partial charge in [0.15, 0.2) is 11.5 Å². The highest BCUT2D eigenvalue weighted by Gasteiger charge is 2.43. The standard InChI is InChI=1S/C11H9F2N3O3/c1-2-9(17)16-10-14-5-3-7-8(4-6(5)15-10)19-11(12,13)18-7/h3-4H,2H2,1H3,(H2,14,15,16,17). The van der Waals surface area contributed by atoms with Crippen LogP contribution in [0.1, 0.15) is 13.3 Å². The third kappa shape index (κ3) is 2.05. The number of carbonyl (C=O) groups excluding carboxylic acids is 1. The predicted octanol–water partition coefficient (Wildman–Crippen LogP) is 2.23. The van der Waals surface area contributed by atoms with E-state index in [1.54, 1.807) is 6.92 Å². The molecule has 0 fully saturated rings. The Morgan fingerprint density at radius 1 is 1.42 bits per heavy atom. The third-order valence-electron chi connectivity index (χ3n) is 2.58. The number of rotatable bonds is 2. The SMILES string of the molecule is CCC(=O)Nc1nc2cc3c(cc2[nH]1)OC(F)(F)O3. The third-order valence-corrected chi connectivity index (χ3v) is 2.58. The second-order valence-corrected chi connectivity index (χ2v) is 3.97. The van der Waals surface area contributed by atoms with Crippen LogP contribution in [0.2, 0.25) is 0 Å². The minimum Gasteiger partial charge on any atom is -0.395 e. The van der Waals surface area contributed by atoms with E-state index in [0.717, 1.165) is 0 Å². The van der Waals surface area contributed by atoms with E-state index < -0.39 is 6.29 Å². The fourth-order valence-corrected chi connectivity index (χ4v) is 1.73. The number of H-pyrrole nitrogens is 1. The molecule has 1 aliphatic rings. The molecule has 1 aromatic heterocycles. The first-order valence-electron chi connectivity index (χ1n) is 5.56. The van der Waals surface area contributed by atoms with Gasteiger partial charge in [0.05, 0.1) is 11.0 Å². The first kappa shape index (κ1) is 11.7. The van der Waals surface area contributed by atoms with E-state index in [0.29, 0.717) is 17.5 Å². The Kier molecular flexibility index (Phi) is 2.34. The van der Waals surface area contributed by atoms with Crippen LogP contribution in [0.25, 0.3) is 11.0 Å². The molecule has 1 amide bonds. The summed E-state index contributed by atoms with van der Waals surface area (Å²) in [7, 11) is 0. The maximum absolute atomic E-state index is 12.9. The molecule has 2 N–H and O–H groups in total. The van der Waals surface area contributed by atoms with Crippen LogP contribution in [0.4, 0.5) is 14.7 Å². The van der Waals surface area contributed by atoms with Crippen molar-refractivity contribution >= 4 is 22.9 Å². The highest BCUT2D eigenvalue weighted by Crippen LogP contribution is 2.42. The van der Waals surface area contributed by atoms with Gasteiger partial charge in [-0.05, 0) is 0 Å². The topological polar surface area (TPSA) is 76.2 Å². The van der Waals surface area contributed by atoms with E-state index in [1.807, 2.05) is 0 Å². The number of ether oxygens (including phenoxy) is 2. The molecule has 0 atom stereocenters. The van der Waals surface area contributed by atoms with Crippen molar-refractivity contribution in [3.8, 4) is 11.5 Å². The summed E-state index contributed by atoms with van der Waals surface area (Å²) in [5.74, 6) is -0.116. The lowest BCUT2D eigenvalue weighted by Crippen LogP contribution is -2.25. The van der Waals surface area contributed by atoms with Crippen molar-refractivity contribution in [2.45, 2.75) is 19.6 Å². The van der Waals surface area contributed by atoms with Crippen molar-refractivity contribution in [2.75, 3.05) is 5.32 Å². The molecule has 1 aromatic carbocycles. The highest BCUT2D eigenvalue weighted by molar-refractivity contribution is 5.91. The normalized spacial score (nSPS) is 15.7. The van der Waals surface area contributed by atoms with E-state index in [2.05, 4.69) is 24.8 Å². The monoisotopic (exact) mass is 269 g/mol. The number of alkyl halides is 2. The van der Waals surface area contributed by atoms with Gasteiger partial charge in [-0.15, -0.1) is 8.78 Å². The molecule has 6 nitrogen and oxygen atoms in total. The smallest absolute Gasteiger partial charge is 0.395 e. The predicted molar refractivity (Wildman–Crippen MR) is 61.2 cm³/mol. The van der Waals surface area contributed by atoms with E-state index in [4.69, 9.17) is 0 Å². The van der Waals surface area contributed by atoms with Crippen LogP contribution in [-0.2, 0) is 4.79 Å². The molecule has 3 rings (SSSR count). The molecular formula is C11H9F2N3O3. The summed E-state index contributed by atoms with van der Waals surface area (Å²) in [5, 5.41) is 2.54. The number of aromatic amines is 1. The van der Waals surface area contributed by atoms with Gasteiger partial charge in [0, 0.05) is 18.6 Å². The molecule has 19 heavy (non-hydrogen) atoms. The zero-order valence-corrected chi connectivity index (χ0v) is 9.79. The maximum atomic E-state index is 12.9. The van der Waals surface area contributed by atoms with Crippen LogP contribution >= 0.6 is 0 Å². The first-order valence-corrected chi connectivity index (χ1v) is 5.56. The van der Waals surface area contributed by atoms with Crippen molar-refractivity contribution < 1.29 is 23.0 Å². The fourth-order valence-electron chi connectivity index (χ4n) is 1.73. The molecule has 0 saturated heterocycles. The molecule has 1 aliphatic heterocycles. The minimum atomic E-state index is -3.65. The van der Waals surface area contributed by atoms with Crippen LogP contribution in [0, 0.1) is 0 Å². The van der Waals surface area contributed by atoms with Gasteiger partial charge in [0.25, 0.3) is 0 Å². The molecule has 2 heterocycles. The number of imidazole rings is 1. The first-order chi connectivity index (χ1) is 8.97. The van der Waals surface area contributed by atoms with Gasteiger partial charge >= 0.3 is 6.29 Å². The van der Waals surface area contributed by atoms with Crippen molar-refractivity contribution in [1.29, 1.82) is 0 Å². The molecule has 0 unspecified atom stereocenters. The zero-order valence-electron chi connectivity index (χ0n) is 9.79. The Morgan fingerprint density at radius 2 is 2.11 bits per heavy atom. The van der Waals surface area contributed by atoms with Crippen molar-refractivity contribution in [1.82, 2.24) is 9.97 Å². The number of benzene rings is 1.